The summed E-state index contributed by atoms with van der Waals surface area (Å²) in [5, 5.41) is 13.5. The second-order valence-electron chi connectivity index (χ2n) is 9.98. The summed E-state index contributed by atoms with van der Waals surface area (Å²) in [5.41, 5.74) is 5.27. The lowest BCUT2D eigenvalue weighted by Crippen LogP contribution is -2.42. The Labute approximate surface area is 211 Å². The molecule has 8 nitrogen and oxygen atoms in total. The minimum Gasteiger partial charge on any atom is -0.485 e. The van der Waals surface area contributed by atoms with E-state index in [0.29, 0.717) is 24.6 Å². The highest BCUT2D eigenvalue weighted by atomic mass is 16.5. The number of nitrogens with zero attached hydrogens (tertiary/aromatic N) is 3. The van der Waals surface area contributed by atoms with Crippen LogP contribution in [0.15, 0.2) is 47.5 Å². The molecular formula is C28H34N4O4. The number of fused-ring (bicyclic) bond motifs is 1. The maximum Gasteiger partial charge on any atom is 0.269 e. The van der Waals surface area contributed by atoms with Gasteiger partial charge >= 0.3 is 0 Å². The van der Waals surface area contributed by atoms with Crippen LogP contribution in [0.4, 0.5) is 0 Å². The number of aromatic nitrogens is 2. The Bertz CT molecular complexity index is 1180. The van der Waals surface area contributed by atoms with Crippen molar-refractivity contribution in [3.63, 3.8) is 0 Å². The van der Waals surface area contributed by atoms with Crippen LogP contribution in [-0.4, -0.2) is 51.6 Å². The number of hydrogen-bond acceptors (Lipinski definition) is 7. The fourth-order valence-electron chi connectivity index (χ4n) is 5.07. The lowest BCUT2D eigenvalue weighted by Gasteiger charge is -2.31. The maximum absolute atomic E-state index is 12.6. The van der Waals surface area contributed by atoms with Crippen molar-refractivity contribution in [2.24, 2.45) is 5.92 Å². The lowest BCUT2D eigenvalue weighted by atomic mass is 9.81. The van der Waals surface area contributed by atoms with E-state index in [1.54, 1.807) is 12.4 Å². The molecule has 3 aromatic rings. The number of β-amino-alcohol motifs (C(OH)–C–C–N with tert-alkyl or cyclic N) is 1. The molecule has 36 heavy (non-hydrogen) atoms. The molecule has 2 aromatic heterocycles. The zero-order valence-electron chi connectivity index (χ0n) is 20.8. The van der Waals surface area contributed by atoms with Crippen molar-refractivity contribution in [2.75, 3.05) is 19.6 Å². The van der Waals surface area contributed by atoms with Crippen molar-refractivity contribution < 1.29 is 19.1 Å². The largest absolute Gasteiger partial charge is 0.485 e. The lowest BCUT2D eigenvalue weighted by molar-refractivity contribution is 0.0837. The van der Waals surface area contributed by atoms with Crippen LogP contribution < -0.4 is 10.1 Å². The van der Waals surface area contributed by atoms with Gasteiger partial charge in [0.2, 0.25) is 0 Å². The van der Waals surface area contributed by atoms with Crippen molar-refractivity contribution in [3.8, 4) is 5.75 Å². The van der Waals surface area contributed by atoms with Gasteiger partial charge in [-0.15, -0.1) is 0 Å². The number of aliphatic hydroxyl groups excluding tert-OH is 1. The van der Waals surface area contributed by atoms with Gasteiger partial charge < -0.3 is 19.6 Å². The van der Waals surface area contributed by atoms with E-state index in [4.69, 9.17) is 9.15 Å². The zero-order chi connectivity index (χ0) is 24.9. The van der Waals surface area contributed by atoms with E-state index >= 15 is 0 Å². The topological polar surface area (TPSA) is 101 Å². The first-order chi connectivity index (χ1) is 17.5. The molecule has 1 amide bonds. The third-order valence-electron chi connectivity index (χ3n) is 7.34. The number of benzene rings is 1. The fraction of sp³-hybridized carbons (Fsp3) is 0.464. The third-order valence-corrected chi connectivity index (χ3v) is 7.34. The van der Waals surface area contributed by atoms with Crippen molar-refractivity contribution in [1.29, 1.82) is 0 Å². The minimum absolute atomic E-state index is 0.199. The zero-order valence-corrected chi connectivity index (χ0v) is 20.8. The second-order valence-corrected chi connectivity index (χ2v) is 9.98. The highest BCUT2D eigenvalue weighted by molar-refractivity contribution is 5.92. The Morgan fingerprint density at radius 3 is 3.00 bits per heavy atom. The molecule has 2 N–H and O–H groups in total. The van der Waals surface area contributed by atoms with Gasteiger partial charge in [0, 0.05) is 32.4 Å². The molecule has 0 radical (unpaired) electrons. The van der Waals surface area contributed by atoms with E-state index in [2.05, 4.69) is 33.2 Å². The highest BCUT2D eigenvalue weighted by Crippen LogP contribution is 2.30. The molecule has 0 spiro atoms. The Morgan fingerprint density at radius 1 is 1.33 bits per heavy atom. The van der Waals surface area contributed by atoms with Crippen molar-refractivity contribution in [2.45, 2.75) is 58.3 Å². The summed E-state index contributed by atoms with van der Waals surface area (Å²) >= 11 is 0. The second kappa shape index (κ2) is 11.2. The molecule has 1 atom stereocenters. The van der Waals surface area contributed by atoms with Crippen LogP contribution in [0.1, 0.15) is 57.8 Å². The van der Waals surface area contributed by atoms with Gasteiger partial charge in [0.25, 0.3) is 5.91 Å². The molecule has 190 valence electrons. The number of hydrogen-bond donors (Lipinski definition) is 2. The average molecular weight is 491 g/mol. The Balaban J connectivity index is 1.10. The van der Waals surface area contributed by atoms with Gasteiger partial charge in [-0.25, -0.2) is 4.98 Å². The first-order valence-corrected chi connectivity index (χ1v) is 12.8. The van der Waals surface area contributed by atoms with E-state index in [1.165, 1.54) is 36.8 Å². The summed E-state index contributed by atoms with van der Waals surface area (Å²) in [5.74, 6) is 2.05. The number of oxazole rings is 1. The van der Waals surface area contributed by atoms with E-state index in [9.17, 15) is 9.90 Å². The molecule has 0 unspecified atom stereocenters. The highest BCUT2D eigenvalue weighted by Gasteiger charge is 2.22. The first kappa shape index (κ1) is 24.5. The Hall–Kier alpha value is -3.23. The van der Waals surface area contributed by atoms with E-state index in [0.717, 1.165) is 48.7 Å². The summed E-state index contributed by atoms with van der Waals surface area (Å²) < 4.78 is 11.2. The smallest absolute Gasteiger partial charge is 0.269 e. The third kappa shape index (κ3) is 5.94. The van der Waals surface area contributed by atoms with Crippen LogP contribution >= 0.6 is 0 Å². The van der Waals surface area contributed by atoms with Gasteiger partial charge in [-0.3, -0.25) is 14.7 Å². The van der Waals surface area contributed by atoms with Crippen LogP contribution in [0.3, 0.4) is 0 Å². The Morgan fingerprint density at radius 2 is 2.22 bits per heavy atom. The molecule has 0 saturated heterocycles. The molecule has 1 fully saturated rings. The number of amides is 1. The van der Waals surface area contributed by atoms with Gasteiger partial charge in [-0.1, -0.05) is 25.3 Å². The number of nitrogens with one attached hydrogen (secondary N) is 1. The van der Waals surface area contributed by atoms with E-state index in [-0.39, 0.29) is 12.5 Å². The number of carbonyl (C=O) groups is 1. The molecular weight excluding hydrogens is 456 g/mol. The number of pyridine rings is 1. The van der Waals surface area contributed by atoms with Crippen molar-refractivity contribution in [1.82, 2.24) is 20.2 Å². The fourth-order valence-corrected chi connectivity index (χ4v) is 5.07. The molecule has 2 aliphatic rings. The average Bonchev–Trinajstić information content (AvgIpc) is 3.38. The van der Waals surface area contributed by atoms with Gasteiger partial charge in [0.1, 0.15) is 18.1 Å². The van der Waals surface area contributed by atoms with Crippen LogP contribution in [0.5, 0.6) is 5.75 Å². The van der Waals surface area contributed by atoms with Gasteiger partial charge in [0.15, 0.2) is 12.2 Å². The van der Waals surface area contributed by atoms with Gasteiger partial charge in [-0.2, -0.15) is 0 Å². The van der Waals surface area contributed by atoms with Crippen LogP contribution in [0.2, 0.25) is 0 Å². The standard InChI is InChI=1S/C28H34N4O4/c1-19-25-8-10-32(15-22(25)5-6-27(19)35-17-24-14-29-18-36-24)16-23(33)13-31-28(34)26-12-21(7-9-30-26)11-20-3-2-4-20/h5-7,9,12,14,18,20,23,33H,2-4,8,10-11,13,15-17H2,1H3,(H,31,34)/t23-/m0/s1. The van der Waals surface area contributed by atoms with Crippen LogP contribution in [-0.2, 0) is 26.0 Å². The van der Waals surface area contributed by atoms with Crippen molar-refractivity contribution >= 4 is 5.91 Å². The molecule has 0 bridgehead atoms. The molecule has 1 aliphatic carbocycles. The summed E-state index contributed by atoms with van der Waals surface area (Å²) in [4.78, 5) is 23.0. The molecule has 5 rings (SSSR count). The Kier molecular flexibility index (Phi) is 7.63. The summed E-state index contributed by atoms with van der Waals surface area (Å²) in [6.45, 7) is 4.74. The normalized spacial score (nSPS) is 16.7. The number of carbonyl (C=O) groups excluding carboxylic acids is 1. The summed E-state index contributed by atoms with van der Waals surface area (Å²) in [6, 6.07) is 7.97. The monoisotopic (exact) mass is 490 g/mol. The predicted octanol–water partition coefficient (Wildman–Crippen LogP) is 3.45. The number of rotatable bonds is 10. The number of aliphatic hydroxyl groups is 1. The number of ether oxygens (including phenoxy) is 1. The SMILES string of the molecule is Cc1c(OCc2cnco2)ccc2c1CCN(C[C@@H](O)CNC(=O)c1cc(CC3CCC3)ccn1)C2. The predicted molar refractivity (Wildman–Crippen MR) is 135 cm³/mol. The first-order valence-electron chi connectivity index (χ1n) is 12.8. The molecule has 1 saturated carbocycles. The van der Waals surface area contributed by atoms with Crippen LogP contribution in [0, 0.1) is 12.8 Å². The molecule has 3 heterocycles. The molecule has 8 heteroatoms. The van der Waals surface area contributed by atoms with E-state index in [1.807, 2.05) is 18.2 Å². The van der Waals surface area contributed by atoms with Crippen molar-refractivity contribution in [3.05, 3.63) is 76.8 Å². The quantitative estimate of drug-likeness (QED) is 0.449. The molecule has 1 aromatic carbocycles. The van der Waals surface area contributed by atoms with Gasteiger partial charge in [0.05, 0.1) is 12.3 Å². The summed E-state index contributed by atoms with van der Waals surface area (Å²) in [6.07, 6.45) is 9.86. The van der Waals surface area contributed by atoms with Gasteiger partial charge in [-0.05, 0) is 66.1 Å². The molecule has 1 aliphatic heterocycles. The van der Waals surface area contributed by atoms with E-state index < -0.39 is 6.10 Å². The van der Waals surface area contributed by atoms with Crippen LogP contribution in [0.25, 0.3) is 0 Å². The maximum atomic E-state index is 12.6. The summed E-state index contributed by atoms with van der Waals surface area (Å²) in [7, 11) is 0. The minimum atomic E-state index is -0.653.